The minimum Gasteiger partial charge on any atom is -0.329 e. The standard InChI is InChI=1S/C12H32N6O3P/c13-1-3-15-5-7-17-9-11-20-22(19)21-12-10-18-8-6-16-4-2-14/h15-18H,1-14H2/q+1. The van der Waals surface area contributed by atoms with Crippen LogP contribution in [-0.2, 0) is 13.6 Å². The highest BCUT2D eigenvalue weighted by atomic mass is 31.1. The van der Waals surface area contributed by atoms with Crippen LogP contribution in [-0.4, -0.2) is 78.7 Å². The monoisotopic (exact) mass is 339 g/mol. The number of hydrogen-bond donors (Lipinski definition) is 6. The molecule has 0 aliphatic rings. The Labute approximate surface area is 134 Å². The van der Waals surface area contributed by atoms with Crippen LogP contribution in [0.4, 0.5) is 0 Å². The zero-order chi connectivity index (χ0) is 16.3. The van der Waals surface area contributed by atoms with Gasteiger partial charge in [-0.15, -0.1) is 9.05 Å². The average Bonchev–Trinajstić information content (AvgIpc) is 2.52. The molecule has 0 bridgehead atoms. The van der Waals surface area contributed by atoms with Crippen LogP contribution in [0.3, 0.4) is 0 Å². The molecule has 0 unspecified atom stereocenters. The second kappa shape index (κ2) is 18.8. The maximum atomic E-state index is 11.4. The van der Waals surface area contributed by atoms with Gasteiger partial charge in [0.05, 0.1) is 0 Å². The molecule has 0 fully saturated rings. The van der Waals surface area contributed by atoms with E-state index in [1.807, 2.05) is 0 Å². The fourth-order valence-corrected chi connectivity index (χ4v) is 2.03. The van der Waals surface area contributed by atoms with Gasteiger partial charge in [0, 0.05) is 70.0 Å². The summed E-state index contributed by atoms with van der Waals surface area (Å²) in [6.45, 7) is 8.26. The van der Waals surface area contributed by atoms with Crippen LogP contribution in [0, 0.1) is 0 Å². The Balaban J connectivity index is 3.13. The summed E-state index contributed by atoms with van der Waals surface area (Å²) < 4.78 is 21.5. The van der Waals surface area contributed by atoms with Crippen LogP contribution in [0.15, 0.2) is 0 Å². The first-order chi connectivity index (χ1) is 10.8. The Hall–Kier alpha value is -0.220. The van der Waals surface area contributed by atoms with E-state index in [1.165, 1.54) is 0 Å². The summed E-state index contributed by atoms with van der Waals surface area (Å²) in [6.07, 6.45) is 0. The van der Waals surface area contributed by atoms with Gasteiger partial charge in [-0.3, -0.25) is 0 Å². The van der Waals surface area contributed by atoms with E-state index in [1.54, 1.807) is 0 Å². The average molecular weight is 339 g/mol. The minimum absolute atomic E-state index is 0.364. The first-order valence-corrected chi connectivity index (χ1v) is 8.87. The molecule has 0 atom stereocenters. The molecule has 0 aromatic heterocycles. The van der Waals surface area contributed by atoms with Gasteiger partial charge in [-0.2, -0.15) is 0 Å². The molecular formula is C12H32N6O3P+. The molecule has 22 heavy (non-hydrogen) atoms. The van der Waals surface area contributed by atoms with Gasteiger partial charge in [-0.05, 0) is 0 Å². The highest BCUT2D eigenvalue weighted by molar-refractivity contribution is 7.33. The summed E-state index contributed by atoms with van der Waals surface area (Å²) in [5.41, 5.74) is 10.7. The van der Waals surface area contributed by atoms with Gasteiger partial charge in [0.1, 0.15) is 13.2 Å². The Morgan fingerprint density at radius 3 is 1.36 bits per heavy atom. The maximum absolute atomic E-state index is 11.4. The summed E-state index contributed by atoms with van der Waals surface area (Å²) in [7, 11) is -2.04. The van der Waals surface area contributed by atoms with Crippen LogP contribution in [0.1, 0.15) is 0 Å². The van der Waals surface area contributed by atoms with Crippen molar-refractivity contribution in [2.24, 2.45) is 11.5 Å². The number of nitrogens with one attached hydrogen (secondary N) is 4. The van der Waals surface area contributed by atoms with E-state index in [9.17, 15) is 4.57 Å². The molecule has 0 heterocycles. The van der Waals surface area contributed by atoms with Crippen LogP contribution >= 0.6 is 8.25 Å². The molecule has 9 nitrogen and oxygen atoms in total. The van der Waals surface area contributed by atoms with Gasteiger partial charge in [0.2, 0.25) is 0 Å². The summed E-state index contributed by atoms with van der Waals surface area (Å²) in [6, 6.07) is 0. The van der Waals surface area contributed by atoms with E-state index >= 15 is 0 Å². The van der Waals surface area contributed by atoms with Crippen molar-refractivity contribution in [1.82, 2.24) is 21.3 Å². The largest absolute Gasteiger partial charge is 0.697 e. The van der Waals surface area contributed by atoms with Gasteiger partial charge in [0.15, 0.2) is 0 Å². The quantitative estimate of drug-likeness (QED) is 0.123. The predicted molar refractivity (Wildman–Crippen MR) is 89.1 cm³/mol. The minimum atomic E-state index is -2.04. The van der Waals surface area contributed by atoms with Crippen molar-refractivity contribution >= 4 is 8.25 Å². The van der Waals surface area contributed by atoms with Gasteiger partial charge in [-0.25, -0.2) is 0 Å². The lowest BCUT2D eigenvalue weighted by atomic mass is 10.5. The molecule has 8 N–H and O–H groups in total. The first-order valence-electron chi connectivity index (χ1n) is 7.77. The fraction of sp³-hybridized carbons (Fsp3) is 1.00. The van der Waals surface area contributed by atoms with E-state index in [0.29, 0.717) is 39.4 Å². The number of hydrogen-bond acceptors (Lipinski definition) is 9. The maximum Gasteiger partial charge on any atom is 0.697 e. The van der Waals surface area contributed by atoms with E-state index in [-0.39, 0.29) is 0 Å². The smallest absolute Gasteiger partial charge is 0.329 e. The Morgan fingerprint density at radius 2 is 1.00 bits per heavy atom. The molecule has 0 aliphatic heterocycles. The Morgan fingerprint density at radius 1 is 0.636 bits per heavy atom. The van der Waals surface area contributed by atoms with E-state index in [4.69, 9.17) is 20.5 Å². The van der Waals surface area contributed by atoms with Crippen molar-refractivity contribution in [3.63, 3.8) is 0 Å². The van der Waals surface area contributed by atoms with Gasteiger partial charge in [-0.1, -0.05) is 0 Å². The molecule has 0 aromatic rings. The van der Waals surface area contributed by atoms with E-state index < -0.39 is 8.25 Å². The van der Waals surface area contributed by atoms with Crippen molar-refractivity contribution in [3.8, 4) is 0 Å². The molecule has 0 aliphatic carbocycles. The zero-order valence-electron chi connectivity index (χ0n) is 13.3. The topological polar surface area (TPSA) is 136 Å². The van der Waals surface area contributed by atoms with Crippen LogP contribution < -0.4 is 32.7 Å². The third-order valence-electron chi connectivity index (χ3n) is 2.55. The zero-order valence-corrected chi connectivity index (χ0v) is 14.2. The lowest BCUT2D eigenvalue weighted by molar-refractivity contribution is 0.226. The highest BCUT2D eigenvalue weighted by Crippen LogP contribution is 2.22. The first kappa shape index (κ1) is 21.8. The molecular weight excluding hydrogens is 307 g/mol. The van der Waals surface area contributed by atoms with Crippen LogP contribution in [0.5, 0.6) is 0 Å². The molecule has 0 rings (SSSR count). The van der Waals surface area contributed by atoms with Crippen molar-refractivity contribution in [2.75, 3.05) is 78.7 Å². The fourth-order valence-electron chi connectivity index (χ4n) is 1.48. The lowest BCUT2D eigenvalue weighted by Gasteiger charge is -2.04. The Bertz CT molecular complexity index is 229. The number of rotatable bonds is 18. The summed E-state index contributed by atoms with van der Waals surface area (Å²) in [5.74, 6) is 0. The molecule has 132 valence electrons. The molecule has 10 heteroatoms. The third-order valence-corrected chi connectivity index (χ3v) is 3.34. The summed E-state index contributed by atoms with van der Waals surface area (Å²) >= 11 is 0. The van der Waals surface area contributed by atoms with E-state index in [2.05, 4.69) is 21.3 Å². The molecule has 0 spiro atoms. The predicted octanol–water partition coefficient (Wildman–Crippen LogP) is -2.05. The van der Waals surface area contributed by atoms with Crippen molar-refractivity contribution in [2.45, 2.75) is 0 Å². The van der Waals surface area contributed by atoms with Crippen molar-refractivity contribution in [3.05, 3.63) is 0 Å². The van der Waals surface area contributed by atoms with E-state index in [0.717, 1.165) is 39.3 Å². The van der Waals surface area contributed by atoms with Gasteiger partial charge < -0.3 is 32.7 Å². The molecule has 0 saturated heterocycles. The second-order valence-corrected chi connectivity index (χ2v) is 5.43. The highest BCUT2D eigenvalue weighted by Gasteiger charge is 2.18. The van der Waals surface area contributed by atoms with Gasteiger partial charge in [0.25, 0.3) is 0 Å². The molecule has 0 saturated carbocycles. The van der Waals surface area contributed by atoms with Crippen molar-refractivity contribution in [1.29, 1.82) is 0 Å². The normalized spacial score (nSPS) is 11.0. The molecule has 0 radical (unpaired) electrons. The second-order valence-electron chi connectivity index (χ2n) is 4.47. The molecule has 0 amide bonds. The summed E-state index contributed by atoms with van der Waals surface area (Å²) in [4.78, 5) is 0. The molecule has 0 aromatic carbocycles. The van der Waals surface area contributed by atoms with Crippen molar-refractivity contribution < 1.29 is 13.6 Å². The Kier molecular flexibility index (Phi) is 18.6. The van der Waals surface area contributed by atoms with Crippen LogP contribution in [0.2, 0.25) is 0 Å². The van der Waals surface area contributed by atoms with Gasteiger partial charge >= 0.3 is 8.25 Å². The SMILES string of the molecule is NCCNCCNCCO[P+](=O)OCCNCCNCCN. The summed E-state index contributed by atoms with van der Waals surface area (Å²) in [5, 5.41) is 12.6. The lowest BCUT2D eigenvalue weighted by Crippen LogP contribution is -2.32. The number of nitrogens with two attached hydrogens (primary N) is 2. The van der Waals surface area contributed by atoms with Crippen LogP contribution in [0.25, 0.3) is 0 Å². The third kappa shape index (κ3) is 17.8.